The standard InChI is InChI=1S/C37H20N2O2/c38-21-22-15-17-32-29(19-22)24-7-1-3-12-31(24)39(32)23-16-18-34-30(20-23)27-11-5-10-26(37(27)41-34)25-9-6-14-35-36(25)28-8-2-4-13-33(28)40-35/h1-20H. The molecule has 9 aromatic rings. The fraction of sp³-hybridized carbons (Fsp3) is 0. The molecule has 0 atom stereocenters. The van der Waals surface area contributed by atoms with Gasteiger partial charge in [-0.2, -0.15) is 5.26 Å². The van der Waals surface area contributed by atoms with Gasteiger partial charge in [0.1, 0.15) is 22.3 Å². The molecule has 0 N–H and O–H groups in total. The van der Waals surface area contributed by atoms with Gasteiger partial charge in [0.05, 0.1) is 22.7 Å². The van der Waals surface area contributed by atoms with Crippen LogP contribution in [0.25, 0.3) is 82.5 Å². The van der Waals surface area contributed by atoms with Crippen LogP contribution >= 0.6 is 0 Å². The molecular weight excluding hydrogens is 504 g/mol. The van der Waals surface area contributed by atoms with E-state index in [1.165, 1.54) is 0 Å². The lowest BCUT2D eigenvalue weighted by molar-refractivity contribution is 0.668. The van der Waals surface area contributed by atoms with E-state index in [2.05, 4.69) is 77.4 Å². The number of nitriles is 1. The maximum Gasteiger partial charge on any atom is 0.143 e. The first-order valence-electron chi connectivity index (χ1n) is 13.6. The fourth-order valence-corrected chi connectivity index (χ4v) is 6.46. The molecule has 0 amide bonds. The lowest BCUT2D eigenvalue weighted by Gasteiger charge is -2.08. The highest BCUT2D eigenvalue weighted by atomic mass is 16.3. The second kappa shape index (κ2) is 8.11. The van der Waals surface area contributed by atoms with Crippen LogP contribution in [-0.2, 0) is 0 Å². The molecule has 0 radical (unpaired) electrons. The molecule has 0 aliphatic heterocycles. The second-order valence-corrected chi connectivity index (χ2v) is 10.4. The maximum atomic E-state index is 9.52. The number of aromatic nitrogens is 1. The Balaban J connectivity index is 1.31. The zero-order valence-corrected chi connectivity index (χ0v) is 21.8. The Morgan fingerprint density at radius 2 is 1.24 bits per heavy atom. The van der Waals surface area contributed by atoms with E-state index in [1.807, 2.05) is 54.6 Å². The summed E-state index contributed by atoms with van der Waals surface area (Å²) in [5.41, 5.74) is 9.45. The maximum absolute atomic E-state index is 9.52. The summed E-state index contributed by atoms with van der Waals surface area (Å²) in [4.78, 5) is 0. The minimum atomic E-state index is 0.657. The quantitative estimate of drug-likeness (QED) is 0.226. The van der Waals surface area contributed by atoms with E-state index in [1.54, 1.807) is 0 Å². The Morgan fingerprint density at radius 3 is 2.17 bits per heavy atom. The van der Waals surface area contributed by atoms with Crippen LogP contribution in [0.3, 0.4) is 0 Å². The van der Waals surface area contributed by atoms with Gasteiger partial charge in [0.2, 0.25) is 0 Å². The number of nitrogens with zero attached hydrogens (tertiary/aromatic N) is 2. The van der Waals surface area contributed by atoms with E-state index in [0.29, 0.717) is 5.56 Å². The van der Waals surface area contributed by atoms with Crippen LogP contribution in [0.4, 0.5) is 0 Å². The lowest BCUT2D eigenvalue weighted by Crippen LogP contribution is -1.93. The smallest absolute Gasteiger partial charge is 0.143 e. The summed E-state index contributed by atoms with van der Waals surface area (Å²) in [6, 6.07) is 43.7. The fourth-order valence-electron chi connectivity index (χ4n) is 6.46. The molecule has 0 saturated heterocycles. The van der Waals surface area contributed by atoms with E-state index in [4.69, 9.17) is 8.83 Å². The highest BCUT2D eigenvalue weighted by Gasteiger charge is 2.19. The van der Waals surface area contributed by atoms with E-state index in [-0.39, 0.29) is 0 Å². The molecule has 0 fully saturated rings. The molecule has 0 saturated carbocycles. The van der Waals surface area contributed by atoms with Gasteiger partial charge in [0.15, 0.2) is 0 Å². The molecule has 3 aromatic heterocycles. The topological polar surface area (TPSA) is 55.0 Å². The Hall–Kier alpha value is -5.79. The molecule has 6 aromatic carbocycles. The molecular formula is C37H20N2O2. The molecule has 9 rings (SSSR count). The van der Waals surface area contributed by atoms with Crippen LogP contribution in [0.15, 0.2) is 130 Å². The average Bonchev–Trinajstić information content (AvgIpc) is 3.69. The first-order valence-corrected chi connectivity index (χ1v) is 13.6. The van der Waals surface area contributed by atoms with E-state index >= 15 is 0 Å². The van der Waals surface area contributed by atoms with Crippen LogP contribution in [0, 0.1) is 11.3 Å². The van der Waals surface area contributed by atoms with Crippen molar-refractivity contribution in [3.8, 4) is 22.9 Å². The predicted molar refractivity (Wildman–Crippen MR) is 165 cm³/mol. The Kier molecular flexibility index (Phi) is 4.37. The largest absolute Gasteiger partial charge is 0.456 e. The Bertz CT molecular complexity index is 2550. The third-order valence-electron chi connectivity index (χ3n) is 8.23. The normalized spacial score (nSPS) is 11.9. The van der Waals surface area contributed by atoms with Crippen molar-refractivity contribution in [2.24, 2.45) is 0 Å². The number of rotatable bonds is 2. The first kappa shape index (κ1) is 22.1. The van der Waals surface area contributed by atoms with Crippen molar-refractivity contribution in [1.29, 1.82) is 5.26 Å². The first-order chi connectivity index (χ1) is 20.3. The Morgan fingerprint density at radius 1 is 0.512 bits per heavy atom. The van der Waals surface area contributed by atoms with E-state index in [0.717, 1.165) is 82.5 Å². The molecule has 41 heavy (non-hydrogen) atoms. The van der Waals surface area contributed by atoms with Crippen molar-refractivity contribution in [3.63, 3.8) is 0 Å². The van der Waals surface area contributed by atoms with Gasteiger partial charge >= 0.3 is 0 Å². The summed E-state index contributed by atoms with van der Waals surface area (Å²) in [6.45, 7) is 0. The summed E-state index contributed by atoms with van der Waals surface area (Å²) in [7, 11) is 0. The van der Waals surface area contributed by atoms with Gasteiger partial charge in [-0.3, -0.25) is 0 Å². The number of fused-ring (bicyclic) bond motifs is 9. The van der Waals surface area contributed by atoms with Gasteiger partial charge in [-0.15, -0.1) is 0 Å². The van der Waals surface area contributed by atoms with Crippen LogP contribution in [0.2, 0.25) is 0 Å². The van der Waals surface area contributed by atoms with Crippen LogP contribution in [-0.4, -0.2) is 4.57 Å². The van der Waals surface area contributed by atoms with Gasteiger partial charge in [0, 0.05) is 43.6 Å². The molecule has 0 bridgehead atoms. The van der Waals surface area contributed by atoms with Gasteiger partial charge < -0.3 is 13.4 Å². The van der Waals surface area contributed by atoms with Gasteiger partial charge in [-0.1, -0.05) is 66.7 Å². The van der Waals surface area contributed by atoms with Crippen LogP contribution in [0.1, 0.15) is 5.56 Å². The van der Waals surface area contributed by atoms with Crippen LogP contribution in [0.5, 0.6) is 0 Å². The van der Waals surface area contributed by atoms with Crippen molar-refractivity contribution in [2.45, 2.75) is 0 Å². The summed E-state index contributed by atoms with van der Waals surface area (Å²) in [5.74, 6) is 0. The third-order valence-corrected chi connectivity index (χ3v) is 8.23. The van der Waals surface area contributed by atoms with E-state index < -0.39 is 0 Å². The van der Waals surface area contributed by atoms with Crippen molar-refractivity contribution >= 4 is 65.7 Å². The van der Waals surface area contributed by atoms with Crippen molar-refractivity contribution in [1.82, 2.24) is 4.57 Å². The Labute approximate surface area is 233 Å². The predicted octanol–water partition coefficient (Wildman–Crippen LogP) is 10.1. The third kappa shape index (κ3) is 3.03. The summed E-state index contributed by atoms with van der Waals surface area (Å²) < 4.78 is 15.0. The number of para-hydroxylation sites is 3. The number of hydrogen-bond donors (Lipinski definition) is 0. The summed E-state index contributed by atoms with van der Waals surface area (Å²) in [6.07, 6.45) is 0. The number of furan rings is 2. The lowest BCUT2D eigenvalue weighted by atomic mass is 9.97. The summed E-state index contributed by atoms with van der Waals surface area (Å²) in [5, 5.41) is 16.0. The van der Waals surface area contributed by atoms with Crippen molar-refractivity contribution < 1.29 is 8.83 Å². The highest BCUT2D eigenvalue weighted by molar-refractivity contribution is 6.17. The minimum Gasteiger partial charge on any atom is -0.456 e. The molecule has 0 aliphatic rings. The molecule has 3 heterocycles. The van der Waals surface area contributed by atoms with Crippen molar-refractivity contribution in [3.05, 3.63) is 127 Å². The van der Waals surface area contributed by atoms with E-state index in [9.17, 15) is 5.26 Å². The minimum absolute atomic E-state index is 0.657. The molecule has 0 aliphatic carbocycles. The van der Waals surface area contributed by atoms with Crippen LogP contribution < -0.4 is 0 Å². The average molecular weight is 525 g/mol. The SMILES string of the molecule is N#Cc1ccc2c(c1)c1ccccc1n2-c1ccc2oc3c(-c4cccc5oc6ccccc6c45)cccc3c2c1. The molecule has 0 unspecified atom stereocenters. The number of benzene rings is 6. The molecule has 4 nitrogen and oxygen atoms in total. The van der Waals surface area contributed by atoms with Gasteiger partial charge in [0.25, 0.3) is 0 Å². The second-order valence-electron chi connectivity index (χ2n) is 10.4. The monoisotopic (exact) mass is 524 g/mol. The highest BCUT2D eigenvalue weighted by Crippen LogP contribution is 2.42. The molecule has 4 heteroatoms. The van der Waals surface area contributed by atoms with Crippen molar-refractivity contribution in [2.75, 3.05) is 0 Å². The zero-order chi connectivity index (χ0) is 27.1. The molecule has 0 spiro atoms. The zero-order valence-electron chi connectivity index (χ0n) is 21.8. The number of hydrogen-bond acceptors (Lipinski definition) is 3. The van der Waals surface area contributed by atoms with Gasteiger partial charge in [-0.05, 0) is 60.2 Å². The molecule has 190 valence electrons. The summed E-state index contributed by atoms with van der Waals surface area (Å²) >= 11 is 0. The van der Waals surface area contributed by atoms with Gasteiger partial charge in [-0.25, -0.2) is 0 Å².